The van der Waals surface area contributed by atoms with Crippen molar-refractivity contribution in [3.05, 3.63) is 0 Å². The number of hydrazine groups is 2. The van der Waals surface area contributed by atoms with Crippen molar-refractivity contribution in [2.45, 2.75) is 38.8 Å². The Hall–Kier alpha value is -1.22. The van der Waals surface area contributed by atoms with Crippen LogP contribution in [0.1, 0.15) is 26.7 Å². The minimum absolute atomic E-state index is 0.246. The molecule has 8 heteroatoms. The summed E-state index contributed by atoms with van der Waals surface area (Å²) in [6, 6.07) is -0.638. The Morgan fingerprint density at radius 2 is 1.22 bits per heavy atom. The fourth-order valence-corrected chi connectivity index (χ4v) is 1.54. The Morgan fingerprint density at radius 3 is 1.44 bits per heavy atom. The zero-order valence-corrected chi connectivity index (χ0v) is 11.0. The molecule has 8 N–H and O–H groups in total. The van der Waals surface area contributed by atoms with Gasteiger partial charge in [-0.05, 0) is 12.8 Å². The van der Waals surface area contributed by atoms with Crippen LogP contribution in [0, 0.1) is 0 Å². The van der Waals surface area contributed by atoms with Crippen LogP contribution >= 0.6 is 0 Å². The quantitative estimate of drug-likeness (QED) is 0.119. The molecule has 18 heavy (non-hydrogen) atoms. The zero-order chi connectivity index (χ0) is 14.0. The van der Waals surface area contributed by atoms with Crippen LogP contribution in [0.25, 0.3) is 0 Å². The van der Waals surface area contributed by atoms with Crippen molar-refractivity contribution in [3.63, 3.8) is 0 Å². The van der Waals surface area contributed by atoms with Crippen molar-refractivity contribution in [1.82, 2.24) is 21.5 Å². The van der Waals surface area contributed by atoms with Gasteiger partial charge in [0.15, 0.2) is 0 Å². The van der Waals surface area contributed by atoms with Crippen LogP contribution in [0.4, 0.5) is 0 Å². The average molecular weight is 260 g/mol. The summed E-state index contributed by atoms with van der Waals surface area (Å²) in [6.07, 6.45) is 1.28. The fourth-order valence-electron chi connectivity index (χ4n) is 1.54. The first-order valence-corrected chi connectivity index (χ1v) is 6.08. The summed E-state index contributed by atoms with van der Waals surface area (Å²) in [4.78, 5) is 22.6. The number of carbonyl (C=O) groups is 2. The molecule has 2 unspecified atom stereocenters. The lowest BCUT2D eigenvalue weighted by Crippen LogP contribution is -2.50. The van der Waals surface area contributed by atoms with Gasteiger partial charge >= 0.3 is 0 Å². The van der Waals surface area contributed by atoms with Crippen LogP contribution in [-0.4, -0.2) is 37.0 Å². The van der Waals surface area contributed by atoms with E-state index in [9.17, 15) is 9.59 Å². The summed E-state index contributed by atoms with van der Waals surface area (Å²) >= 11 is 0. The minimum atomic E-state index is -0.319. The van der Waals surface area contributed by atoms with E-state index in [1.165, 1.54) is 0 Å². The lowest BCUT2D eigenvalue weighted by atomic mass is 10.2. The van der Waals surface area contributed by atoms with Gasteiger partial charge in [0.1, 0.15) is 0 Å². The number of hydrogen-bond acceptors (Lipinski definition) is 6. The summed E-state index contributed by atoms with van der Waals surface area (Å²) in [5.74, 6) is 9.62. The Labute approximate surface area is 107 Å². The van der Waals surface area contributed by atoms with Gasteiger partial charge in [-0.3, -0.25) is 20.4 Å². The Morgan fingerprint density at radius 1 is 0.889 bits per heavy atom. The SMILES string of the molecule is CCC(NCCNC(CC)C(=O)NN)C(=O)NN. The van der Waals surface area contributed by atoms with Gasteiger partial charge < -0.3 is 10.6 Å². The maximum Gasteiger partial charge on any atom is 0.250 e. The van der Waals surface area contributed by atoms with Crippen LogP contribution in [0.3, 0.4) is 0 Å². The van der Waals surface area contributed by atoms with E-state index in [2.05, 4.69) is 21.5 Å². The number of hydrogen-bond donors (Lipinski definition) is 6. The van der Waals surface area contributed by atoms with Gasteiger partial charge in [-0.1, -0.05) is 13.8 Å². The number of amides is 2. The van der Waals surface area contributed by atoms with Crippen molar-refractivity contribution in [2.24, 2.45) is 11.7 Å². The third-order valence-corrected chi connectivity index (χ3v) is 2.64. The second-order valence-corrected chi connectivity index (χ2v) is 3.85. The molecule has 0 radical (unpaired) electrons. The summed E-state index contributed by atoms with van der Waals surface area (Å²) in [6.45, 7) is 4.88. The zero-order valence-electron chi connectivity index (χ0n) is 11.0. The molecule has 0 aliphatic carbocycles. The number of carbonyl (C=O) groups excluding carboxylic acids is 2. The predicted molar refractivity (Wildman–Crippen MR) is 68.8 cm³/mol. The van der Waals surface area contributed by atoms with Crippen molar-refractivity contribution in [3.8, 4) is 0 Å². The highest BCUT2D eigenvalue weighted by Crippen LogP contribution is 1.91. The van der Waals surface area contributed by atoms with Crippen molar-refractivity contribution in [1.29, 1.82) is 0 Å². The smallest absolute Gasteiger partial charge is 0.250 e. The molecular weight excluding hydrogens is 236 g/mol. The van der Waals surface area contributed by atoms with Crippen molar-refractivity contribution >= 4 is 11.8 Å². The normalized spacial score (nSPS) is 13.8. The fraction of sp³-hybridized carbons (Fsp3) is 0.800. The molecule has 0 fully saturated rings. The van der Waals surface area contributed by atoms with E-state index in [1.54, 1.807) is 0 Å². The first-order chi connectivity index (χ1) is 8.60. The van der Waals surface area contributed by atoms with Crippen LogP contribution in [0.5, 0.6) is 0 Å². The van der Waals surface area contributed by atoms with E-state index < -0.39 is 0 Å². The molecule has 106 valence electrons. The maximum absolute atomic E-state index is 11.3. The summed E-state index contributed by atoms with van der Waals surface area (Å²) in [7, 11) is 0. The molecule has 0 aromatic rings. The molecule has 2 atom stereocenters. The topological polar surface area (TPSA) is 134 Å². The molecular formula is C10H24N6O2. The van der Waals surface area contributed by atoms with Gasteiger partial charge in [0.25, 0.3) is 11.8 Å². The van der Waals surface area contributed by atoms with Gasteiger partial charge in [-0.25, -0.2) is 11.7 Å². The maximum atomic E-state index is 11.3. The van der Waals surface area contributed by atoms with E-state index in [-0.39, 0.29) is 23.9 Å². The van der Waals surface area contributed by atoms with Crippen molar-refractivity contribution in [2.75, 3.05) is 13.1 Å². The highest BCUT2D eigenvalue weighted by atomic mass is 16.2. The third-order valence-electron chi connectivity index (χ3n) is 2.64. The Bertz CT molecular complexity index is 235. The molecule has 0 bridgehead atoms. The highest BCUT2D eigenvalue weighted by molar-refractivity contribution is 5.81. The second kappa shape index (κ2) is 9.77. The minimum Gasteiger partial charge on any atom is -0.305 e. The summed E-state index contributed by atoms with van der Waals surface area (Å²) in [5.41, 5.74) is 4.20. The van der Waals surface area contributed by atoms with Gasteiger partial charge in [0.05, 0.1) is 12.1 Å². The summed E-state index contributed by atoms with van der Waals surface area (Å²) < 4.78 is 0. The van der Waals surface area contributed by atoms with Crippen LogP contribution in [0.2, 0.25) is 0 Å². The molecule has 0 spiro atoms. The monoisotopic (exact) mass is 260 g/mol. The van der Waals surface area contributed by atoms with Gasteiger partial charge in [0.2, 0.25) is 0 Å². The van der Waals surface area contributed by atoms with Gasteiger partial charge in [-0.15, -0.1) is 0 Å². The number of nitrogens with one attached hydrogen (secondary N) is 4. The molecule has 0 aliphatic rings. The van der Waals surface area contributed by atoms with E-state index in [1.807, 2.05) is 13.8 Å². The Balaban J connectivity index is 3.89. The molecule has 0 rings (SSSR count). The van der Waals surface area contributed by atoms with E-state index in [0.29, 0.717) is 25.9 Å². The molecule has 0 saturated heterocycles. The molecule has 0 aliphatic heterocycles. The lowest BCUT2D eigenvalue weighted by Gasteiger charge is -2.18. The van der Waals surface area contributed by atoms with E-state index >= 15 is 0 Å². The molecule has 2 amide bonds. The predicted octanol–water partition coefficient (Wildman–Crippen LogP) is -2.30. The Kier molecular flexibility index (Phi) is 9.11. The molecule has 0 heterocycles. The average Bonchev–Trinajstić information content (AvgIpc) is 2.41. The second-order valence-electron chi connectivity index (χ2n) is 3.85. The van der Waals surface area contributed by atoms with Crippen LogP contribution < -0.4 is 33.2 Å². The van der Waals surface area contributed by atoms with E-state index in [4.69, 9.17) is 11.7 Å². The number of nitrogens with two attached hydrogens (primary N) is 2. The first kappa shape index (κ1) is 16.8. The standard InChI is InChI=1S/C10H24N6O2/c1-3-7(9(17)15-11)13-5-6-14-8(4-2)10(18)16-12/h7-8,13-14H,3-6,11-12H2,1-2H3,(H,15,17)(H,16,18). The molecule has 0 aromatic heterocycles. The van der Waals surface area contributed by atoms with Crippen LogP contribution in [0.15, 0.2) is 0 Å². The molecule has 8 nitrogen and oxygen atoms in total. The van der Waals surface area contributed by atoms with Gasteiger partial charge in [-0.2, -0.15) is 0 Å². The summed E-state index contributed by atoms with van der Waals surface area (Å²) in [5, 5.41) is 6.08. The number of rotatable bonds is 9. The van der Waals surface area contributed by atoms with Gasteiger partial charge in [0, 0.05) is 13.1 Å². The first-order valence-electron chi connectivity index (χ1n) is 6.08. The van der Waals surface area contributed by atoms with Crippen molar-refractivity contribution < 1.29 is 9.59 Å². The van der Waals surface area contributed by atoms with Crippen LogP contribution in [-0.2, 0) is 9.59 Å². The third kappa shape index (κ3) is 5.92. The van der Waals surface area contributed by atoms with E-state index in [0.717, 1.165) is 0 Å². The highest BCUT2D eigenvalue weighted by Gasteiger charge is 2.16. The lowest BCUT2D eigenvalue weighted by molar-refractivity contribution is -0.124. The molecule has 0 aromatic carbocycles. The molecule has 0 saturated carbocycles. The largest absolute Gasteiger partial charge is 0.305 e.